The molecule has 0 aliphatic rings. The monoisotopic (exact) mass is 428 g/mol. The number of nitrogens with one attached hydrogen (secondary N) is 2. The van der Waals surface area contributed by atoms with Crippen LogP contribution in [0.2, 0.25) is 0 Å². The molecule has 0 saturated carbocycles. The molecule has 154 valence electrons. The highest BCUT2D eigenvalue weighted by Gasteiger charge is 2.18. The predicted octanol–water partition coefficient (Wildman–Crippen LogP) is 1.69. The molecule has 0 saturated heterocycles. The topological polar surface area (TPSA) is 209 Å². The Morgan fingerprint density at radius 3 is 2.47 bits per heavy atom. The molecule has 13 heteroatoms. The van der Waals surface area contributed by atoms with Crippen LogP contribution in [0.4, 0.5) is 34.5 Å². The summed E-state index contributed by atoms with van der Waals surface area (Å²) in [7, 11) is -4.05. The molecule has 0 aliphatic heterocycles. The summed E-state index contributed by atoms with van der Waals surface area (Å²) < 4.78 is 23.6. The molecule has 0 atom stereocenters. The number of amides is 1. The van der Waals surface area contributed by atoms with Gasteiger partial charge in [-0.1, -0.05) is 12.1 Å². The number of para-hydroxylation sites is 1. The van der Waals surface area contributed by atoms with Crippen molar-refractivity contribution in [3.05, 3.63) is 59.1 Å². The Hall–Kier alpha value is -4.10. The maximum absolute atomic E-state index is 11.8. The van der Waals surface area contributed by atoms with Gasteiger partial charge < -0.3 is 22.1 Å². The summed E-state index contributed by atoms with van der Waals surface area (Å²) in [5, 5.41) is 13.6. The van der Waals surface area contributed by atoms with Gasteiger partial charge in [0.2, 0.25) is 16.0 Å². The SMILES string of the molecule is NC(=O)c1cnc(Nc2cc(N=O)ccc2N)nc1Nc1ccccc1S(N)(=O)=O. The summed E-state index contributed by atoms with van der Waals surface area (Å²) in [5.74, 6) is -0.923. The zero-order valence-electron chi connectivity index (χ0n) is 15.2. The van der Waals surface area contributed by atoms with Crippen molar-refractivity contribution in [3.8, 4) is 0 Å². The molecule has 8 N–H and O–H groups in total. The van der Waals surface area contributed by atoms with Crippen LogP contribution in [0.5, 0.6) is 0 Å². The minimum absolute atomic E-state index is 0.00895. The van der Waals surface area contributed by atoms with Crippen LogP contribution in [0.15, 0.2) is 58.7 Å². The predicted molar refractivity (Wildman–Crippen MR) is 111 cm³/mol. The molecule has 3 aromatic rings. The van der Waals surface area contributed by atoms with E-state index in [4.69, 9.17) is 16.6 Å². The van der Waals surface area contributed by atoms with Crippen molar-refractivity contribution in [1.82, 2.24) is 9.97 Å². The number of primary sulfonamides is 1. The number of hydrogen-bond acceptors (Lipinski definition) is 10. The number of nitrogens with zero attached hydrogens (tertiary/aromatic N) is 3. The number of nitrogens with two attached hydrogens (primary N) is 3. The number of sulfonamides is 1. The second-order valence-corrected chi connectivity index (χ2v) is 7.50. The van der Waals surface area contributed by atoms with Crippen LogP contribution in [0.3, 0.4) is 0 Å². The molecule has 0 spiro atoms. The highest BCUT2D eigenvalue weighted by molar-refractivity contribution is 7.89. The van der Waals surface area contributed by atoms with Crippen molar-refractivity contribution < 1.29 is 13.2 Å². The van der Waals surface area contributed by atoms with E-state index in [0.29, 0.717) is 11.4 Å². The van der Waals surface area contributed by atoms with Crippen LogP contribution < -0.4 is 27.2 Å². The van der Waals surface area contributed by atoms with Gasteiger partial charge >= 0.3 is 0 Å². The molecule has 0 bridgehead atoms. The largest absolute Gasteiger partial charge is 0.397 e. The third-order valence-corrected chi connectivity index (χ3v) is 4.86. The normalized spacial score (nSPS) is 11.0. The van der Waals surface area contributed by atoms with E-state index in [1.807, 2.05) is 0 Å². The van der Waals surface area contributed by atoms with Gasteiger partial charge in [0.1, 0.15) is 22.0 Å². The van der Waals surface area contributed by atoms with E-state index in [-0.39, 0.29) is 33.6 Å². The van der Waals surface area contributed by atoms with E-state index in [2.05, 4.69) is 25.8 Å². The van der Waals surface area contributed by atoms with Gasteiger partial charge in [0.15, 0.2) is 0 Å². The lowest BCUT2D eigenvalue weighted by molar-refractivity contribution is 0.100. The molecule has 30 heavy (non-hydrogen) atoms. The molecule has 2 aromatic carbocycles. The summed E-state index contributed by atoms with van der Waals surface area (Å²) in [6.07, 6.45) is 1.15. The van der Waals surface area contributed by atoms with Gasteiger partial charge in [0.25, 0.3) is 5.91 Å². The Morgan fingerprint density at radius 1 is 1.07 bits per heavy atom. The molecular formula is C17H16N8O4S. The fourth-order valence-corrected chi connectivity index (χ4v) is 3.19. The van der Waals surface area contributed by atoms with Crippen molar-refractivity contribution in [1.29, 1.82) is 0 Å². The van der Waals surface area contributed by atoms with Crippen molar-refractivity contribution in [2.75, 3.05) is 16.4 Å². The minimum atomic E-state index is -4.05. The van der Waals surface area contributed by atoms with Crippen molar-refractivity contribution in [3.63, 3.8) is 0 Å². The number of primary amides is 1. The minimum Gasteiger partial charge on any atom is -0.397 e. The van der Waals surface area contributed by atoms with Gasteiger partial charge in [0.05, 0.1) is 17.1 Å². The molecule has 1 aromatic heterocycles. The number of benzene rings is 2. The van der Waals surface area contributed by atoms with Crippen LogP contribution in [-0.4, -0.2) is 24.3 Å². The van der Waals surface area contributed by atoms with E-state index in [1.54, 1.807) is 6.07 Å². The number of rotatable bonds is 7. The van der Waals surface area contributed by atoms with Crippen LogP contribution in [-0.2, 0) is 10.0 Å². The highest BCUT2D eigenvalue weighted by atomic mass is 32.2. The van der Waals surface area contributed by atoms with E-state index < -0.39 is 15.9 Å². The summed E-state index contributed by atoms with van der Waals surface area (Å²) in [4.78, 5) is 30.5. The fraction of sp³-hybridized carbons (Fsp3) is 0. The summed E-state index contributed by atoms with van der Waals surface area (Å²) in [5.41, 5.74) is 11.9. The standard InChI is InChI=1S/C17H16N8O4S/c18-11-6-5-9(25-27)7-13(11)23-17-21-8-10(15(19)26)16(24-17)22-12-3-1-2-4-14(12)30(20,28)29/h1-8H,18H2,(H2,19,26)(H2,20,28,29)(H2,21,22,23,24). The zero-order valence-corrected chi connectivity index (χ0v) is 16.1. The van der Waals surface area contributed by atoms with Gasteiger partial charge in [-0.15, -0.1) is 4.91 Å². The quantitative estimate of drug-likeness (QED) is 0.273. The summed E-state index contributed by atoms with van der Waals surface area (Å²) in [6, 6.07) is 10.1. The van der Waals surface area contributed by atoms with E-state index in [9.17, 15) is 18.1 Å². The van der Waals surface area contributed by atoms with Crippen molar-refractivity contribution >= 4 is 50.4 Å². The number of carbonyl (C=O) groups is 1. The molecule has 0 aliphatic carbocycles. The average Bonchev–Trinajstić information content (AvgIpc) is 2.69. The van der Waals surface area contributed by atoms with E-state index in [0.717, 1.165) is 6.20 Å². The number of anilines is 5. The molecule has 0 radical (unpaired) electrons. The van der Waals surface area contributed by atoms with E-state index in [1.165, 1.54) is 36.4 Å². The van der Waals surface area contributed by atoms with Crippen LogP contribution >= 0.6 is 0 Å². The van der Waals surface area contributed by atoms with Gasteiger partial charge in [-0.25, -0.2) is 18.5 Å². The average molecular weight is 428 g/mol. The molecule has 0 fully saturated rings. The first kappa shape index (κ1) is 20.6. The van der Waals surface area contributed by atoms with Gasteiger partial charge in [-0.3, -0.25) is 4.79 Å². The van der Waals surface area contributed by atoms with Crippen molar-refractivity contribution in [2.45, 2.75) is 4.90 Å². The van der Waals surface area contributed by atoms with Crippen LogP contribution in [0, 0.1) is 4.91 Å². The lowest BCUT2D eigenvalue weighted by Gasteiger charge is -2.14. The van der Waals surface area contributed by atoms with Gasteiger partial charge in [0, 0.05) is 6.20 Å². The first-order valence-corrected chi connectivity index (χ1v) is 9.79. The summed E-state index contributed by atoms with van der Waals surface area (Å²) in [6.45, 7) is 0. The number of hydrogen-bond donors (Lipinski definition) is 5. The van der Waals surface area contributed by atoms with Crippen LogP contribution in [0.25, 0.3) is 0 Å². The summed E-state index contributed by atoms with van der Waals surface area (Å²) >= 11 is 0. The maximum atomic E-state index is 11.8. The van der Waals surface area contributed by atoms with Crippen molar-refractivity contribution in [2.24, 2.45) is 16.0 Å². The Kier molecular flexibility index (Phi) is 5.57. The second kappa shape index (κ2) is 8.10. The third-order valence-electron chi connectivity index (χ3n) is 3.89. The highest BCUT2D eigenvalue weighted by Crippen LogP contribution is 2.29. The zero-order chi connectivity index (χ0) is 21.9. The lowest BCUT2D eigenvalue weighted by Crippen LogP contribution is -2.17. The molecule has 1 heterocycles. The Labute approximate surface area is 170 Å². The second-order valence-electron chi connectivity index (χ2n) is 5.97. The van der Waals surface area contributed by atoms with Gasteiger partial charge in [-0.2, -0.15) is 4.98 Å². The Bertz CT molecular complexity index is 1250. The molecule has 0 unspecified atom stereocenters. The molecular weight excluding hydrogens is 412 g/mol. The van der Waals surface area contributed by atoms with E-state index >= 15 is 0 Å². The molecule has 1 amide bonds. The first-order chi connectivity index (χ1) is 14.2. The Balaban J connectivity index is 2.03. The lowest BCUT2D eigenvalue weighted by atomic mass is 10.2. The Morgan fingerprint density at radius 2 is 1.80 bits per heavy atom. The fourth-order valence-electron chi connectivity index (χ4n) is 2.49. The third kappa shape index (κ3) is 4.48. The molecule has 12 nitrogen and oxygen atoms in total. The number of aromatic nitrogens is 2. The number of carbonyl (C=O) groups excluding carboxylic acids is 1. The van der Waals surface area contributed by atoms with Crippen LogP contribution in [0.1, 0.15) is 10.4 Å². The smallest absolute Gasteiger partial charge is 0.254 e. The first-order valence-electron chi connectivity index (χ1n) is 8.24. The molecule has 3 rings (SSSR count). The number of nitroso groups, excluding NO2 is 1. The maximum Gasteiger partial charge on any atom is 0.254 e. The van der Waals surface area contributed by atoms with Gasteiger partial charge in [-0.05, 0) is 35.5 Å². The number of nitrogen functional groups attached to an aromatic ring is 1.